The average molecular weight is 458 g/mol. The molecule has 0 unspecified atom stereocenters. The first-order chi connectivity index (χ1) is 16.5. The van der Waals surface area contributed by atoms with Gasteiger partial charge in [0.2, 0.25) is 5.91 Å². The fourth-order valence-electron chi connectivity index (χ4n) is 4.07. The number of benzene rings is 2. The van der Waals surface area contributed by atoms with Crippen molar-refractivity contribution in [3.8, 4) is 11.3 Å². The van der Waals surface area contributed by atoms with Crippen molar-refractivity contribution in [2.24, 2.45) is 5.73 Å². The molecule has 0 aliphatic carbocycles. The third-order valence-electron chi connectivity index (χ3n) is 5.91. The Hall–Kier alpha value is -4.20. The molecule has 0 radical (unpaired) electrons. The molecular weight excluding hydrogens is 430 g/mol. The highest BCUT2D eigenvalue weighted by molar-refractivity contribution is 6.08. The Balaban J connectivity index is 1.71. The Morgan fingerprint density at radius 2 is 1.62 bits per heavy atom. The first kappa shape index (κ1) is 23.0. The van der Waals surface area contributed by atoms with E-state index in [0.717, 1.165) is 31.6 Å². The van der Waals surface area contributed by atoms with E-state index < -0.39 is 5.91 Å². The molecule has 174 valence electrons. The van der Waals surface area contributed by atoms with Gasteiger partial charge in [-0.2, -0.15) is 0 Å². The molecular formula is C26H27N5O3. The lowest BCUT2D eigenvalue weighted by atomic mass is 10.0. The van der Waals surface area contributed by atoms with Crippen LogP contribution in [0.25, 0.3) is 11.3 Å². The maximum atomic E-state index is 13.1. The first-order valence-electron chi connectivity index (χ1n) is 11.2. The standard InChI is InChI=1S/C26H27N5O3/c1-28-25(33)18-6-5-7-19(14-18)26(34)30-22-9-8-20(31-12-3-2-4-13-31)16-21(22)23-15-17(24(27)32)10-11-29-23/h5-11,14-16H,2-4,12-13H2,1H3,(H2,27,32)(H,28,33)(H,30,34). The van der Waals surface area contributed by atoms with E-state index in [2.05, 4.69) is 20.5 Å². The van der Waals surface area contributed by atoms with Crippen molar-refractivity contribution in [1.29, 1.82) is 0 Å². The molecule has 3 aromatic rings. The predicted octanol–water partition coefficient (Wildman–Crippen LogP) is 3.45. The van der Waals surface area contributed by atoms with Crippen LogP contribution in [0.4, 0.5) is 11.4 Å². The molecule has 1 aromatic heterocycles. The molecule has 0 bridgehead atoms. The van der Waals surface area contributed by atoms with Crippen molar-refractivity contribution in [2.45, 2.75) is 19.3 Å². The number of carbonyl (C=O) groups excluding carboxylic acids is 3. The molecule has 2 heterocycles. The summed E-state index contributed by atoms with van der Waals surface area (Å²) in [5.41, 5.74) is 9.35. The molecule has 3 amide bonds. The monoisotopic (exact) mass is 457 g/mol. The zero-order chi connectivity index (χ0) is 24.1. The number of aromatic nitrogens is 1. The van der Waals surface area contributed by atoms with E-state index in [4.69, 9.17) is 5.73 Å². The van der Waals surface area contributed by atoms with Crippen LogP contribution >= 0.6 is 0 Å². The zero-order valence-corrected chi connectivity index (χ0v) is 19.0. The molecule has 0 spiro atoms. The number of amides is 3. The number of nitrogens with zero attached hydrogens (tertiary/aromatic N) is 2. The summed E-state index contributed by atoms with van der Waals surface area (Å²) < 4.78 is 0. The molecule has 4 rings (SSSR count). The SMILES string of the molecule is CNC(=O)c1cccc(C(=O)Nc2ccc(N3CCCCC3)cc2-c2cc(C(N)=O)ccn2)c1. The van der Waals surface area contributed by atoms with Crippen molar-refractivity contribution in [1.82, 2.24) is 10.3 Å². The highest BCUT2D eigenvalue weighted by atomic mass is 16.2. The molecule has 8 nitrogen and oxygen atoms in total. The van der Waals surface area contributed by atoms with E-state index >= 15 is 0 Å². The maximum Gasteiger partial charge on any atom is 0.255 e. The second kappa shape index (κ2) is 10.2. The molecule has 1 aliphatic heterocycles. The van der Waals surface area contributed by atoms with Crippen LogP contribution in [0.2, 0.25) is 0 Å². The molecule has 1 fully saturated rings. The van der Waals surface area contributed by atoms with E-state index in [1.54, 1.807) is 43.4 Å². The fraction of sp³-hybridized carbons (Fsp3) is 0.231. The van der Waals surface area contributed by atoms with Crippen molar-refractivity contribution in [3.63, 3.8) is 0 Å². The van der Waals surface area contributed by atoms with E-state index in [9.17, 15) is 14.4 Å². The van der Waals surface area contributed by atoms with Gasteiger partial charge in [0, 0.05) is 54.3 Å². The van der Waals surface area contributed by atoms with Gasteiger partial charge < -0.3 is 21.3 Å². The third kappa shape index (κ3) is 5.06. The van der Waals surface area contributed by atoms with Crippen molar-refractivity contribution < 1.29 is 14.4 Å². The second-order valence-corrected chi connectivity index (χ2v) is 8.19. The van der Waals surface area contributed by atoms with Gasteiger partial charge in [0.05, 0.1) is 11.4 Å². The summed E-state index contributed by atoms with van der Waals surface area (Å²) in [7, 11) is 1.54. The highest BCUT2D eigenvalue weighted by Crippen LogP contribution is 2.33. The number of piperidine rings is 1. The third-order valence-corrected chi connectivity index (χ3v) is 5.91. The molecule has 1 saturated heterocycles. The number of nitrogens with one attached hydrogen (secondary N) is 2. The Bertz CT molecular complexity index is 1230. The lowest BCUT2D eigenvalue weighted by Crippen LogP contribution is -2.29. The summed E-state index contributed by atoms with van der Waals surface area (Å²) in [5, 5.41) is 5.50. The molecule has 8 heteroatoms. The van der Waals surface area contributed by atoms with Crippen LogP contribution in [0.15, 0.2) is 60.8 Å². The summed E-state index contributed by atoms with van der Waals surface area (Å²) >= 11 is 0. The largest absolute Gasteiger partial charge is 0.372 e. The first-order valence-corrected chi connectivity index (χ1v) is 11.2. The van der Waals surface area contributed by atoms with Crippen LogP contribution in [-0.4, -0.2) is 42.8 Å². The smallest absolute Gasteiger partial charge is 0.255 e. The normalized spacial score (nSPS) is 13.3. The van der Waals surface area contributed by atoms with Gasteiger partial charge in [-0.1, -0.05) is 6.07 Å². The van der Waals surface area contributed by atoms with E-state index in [-0.39, 0.29) is 11.8 Å². The summed E-state index contributed by atoms with van der Waals surface area (Å²) in [6, 6.07) is 15.5. The van der Waals surface area contributed by atoms with Gasteiger partial charge in [-0.05, 0) is 67.8 Å². The maximum absolute atomic E-state index is 13.1. The van der Waals surface area contributed by atoms with Gasteiger partial charge in [0.1, 0.15) is 0 Å². The van der Waals surface area contributed by atoms with E-state index in [1.165, 1.54) is 12.6 Å². The van der Waals surface area contributed by atoms with Crippen LogP contribution in [0.5, 0.6) is 0 Å². The summed E-state index contributed by atoms with van der Waals surface area (Å²) in [6.45, 7) is 1.93. The Morgan fingerprint density at radius 3 is 2.32 bits per heavy atom. The number of carbonyl (C=O) groups is 3. The molecule has 34 heavy (non-hydrogen) atoms. The highest BCUT2D eigenvalue weighted by Gasteiger charge is 2.18. The van der Waals surface area contributed by atoms with E-state index in [0.29, 0.717) is 33.6 Å². The average Bonchev–Trinajstić information content (AvgIpc) is 2.89. The number of rotatable bonds is 6. The lowest BCUT2D eigenvalue weighted by molar-refractivity contribution is 0.0961. The summed E-state index contributed by atoms with van der Waals surface area (Å²) in [5.74, 6) is -1.18. The van der Waals surface area contributed by atoms with Gasteiger partial charge in [0.15, 0.2) is 0 Å². The molecule has 0 saturated carbocycles. The quantitative estimate of drug-likeness (QED) is 0.524. The summed E-state index contributed by atoms with van der Waals surface area (Å²) in [4.78, 5) is 43.5. The van der Waals surface area contributed by atoms with Crippen LogP contribution in [0.3, 0.4) is 0 Å². The van der Waals surface area contributed by atoms with Crippen LogP contribution in [0, 0.1) is 0 Å². The van der Waals surface area contributed by atoms with Crippen LogP contribution < -0.4 is 21.3 Å². The van der Waals surface area contributed by atoms with Gasteiger partial charge in [-0.25, -0.2) is 0 Å². The minimum absolute atomic E-state index is 0.270. The van der Waals surface area contributed by atoms with Gasteiger partial charge in [0.25, 0.3) is 11.8 Å². The number of anilines is 2. The topological polar surface area (TPSA) is 117 Å². The second-order valence-electron chi connectivity index (χ2n) is 8.19. The number of nitrogens with two attached hydrogens (primary N) is 1. The Kier molecular flexibility index (Phi) is 6.87. The van der Waals surface area contributed by atoms with Gasteiger partial charge in [-0.15, -0.1) is 0 Å². The predicted molar refractivity (Wildman–Crippen MR) is 132 cm³/mol. The minimum Gasteiger partial charge on any atom is -0.372 e. The molecule has 0 atom stereocenters. The fourth-order valence-corrected chi connectivity index (χ4v) is 4.07. The number of hydrogen-bond donors (Lipinski definition) is 3. The Labute approximate surface area is 198 Å². The number of primary amides is 1. The minimum atomic E-state index is -0.549. The van der Waals surface area contributed by atoms with Gasteiger partial charge >= 0.3 is 0 Å². The zero-order valence-electron chi connectivity index (χ0n) is 19.0. The molecule has 2 aromatic carbocycles. The van der Waals surface area contributed by atoms with Gasteiger partial charge in [-0.3, -0.25) is 19.4 Å². The summed E-state index contributed by atoms with van der Waals surface area (Å²) in [6.07, 6.45) is 5.01. The molecule has 4 N–H and O–H groups in total. The molecule has 1 aliphatic rings. The van der Waals surface area contributed by atoms with Crippen molar-refractivity contribution in [3.05, 3.63) is 77.5 Å². The lowest BCUT2D eigenvalue weighted by Gasteiger charge is -2.29. The number of hydrogen-bond acceptors (Lipinski definition) is 5. The van der Waals surface area contributed by atoms with E-state index in [1.807, 2.05) is 18.2 Å². The van der Waals surface area contributed by atoms with Crippen molar-refractivity contribution in [2.75, 3.05) is 30.4 Å². The van der Waals surface area contributed by atoms with Crippen LogP contribution in [-0.2, 0) is 0 Å². The van der Waals surface area contributed by atoms with Crippen LogP contribution in [0.1, 0.15) is 50.3 Å². The van der Waals surface area contributed by atoms with Crippen molar-refractivity contribution >= 4 is 29.1 Å². The number of pyridine rings is 1. The Morgan fingerprint density at radius 1 is 0.882 bits per heavy atom.